The van der Waals surface area contributed by atoms with Gasteiger partial charge in [0.25, 0.3) is 0 Å². The van der Waals surface area contributed by atoms with Crippen molar-refractivity contribution in [1.29, 1.82) is 0 Å². The summed E-state index contributed by atoms with van der Waals surface area (Å²) in [6.45, 7) is 2.60. The van der Waals surface area contributed by atoms with Crippen LogP contribution in [0.1, 0.15) is 18.2 Å². The minimum atomic E-state index is 0.0473. The van der Waals surface area contributed by atoms with Gasteiger partial charge >= 0.3 is 0 Å². The van der Waals surface area contributed by atoms with Crippen molar-refractivity contribution in [1.82, 2.24) is 9.97 Å². The second-order valence-electron chi connectivity index (χ2n) is 7.03. The summed E-state index contributed by atoms with van der Waals surface area (Å²) in [6.07, 6.45) is 0.627. The number of amides is 1. The minimum absolute atomic E-state index is 0.0473. The monoisotopic (exact) mass is 447 g/mol. The van der Waals surface area contributed by atoms with Gasteiger partial charge in [-0.05, 0) is 48.9 Å². The molecule has 0 atom stereocenters. The van der Waals surface area contributed by atoms with E-state index in [2.05, 4.69) is 0 Å². The Balaban J connectivity index is 1.59. The molecule has 0 saturated carbocycles. The maximum Gasteiger partial charge on any atom is 0.237 e. The van der Waals surface area contributed by atoms with Gasteiger partial charge in [0.2, 0.25) is 5.91 Å². The molecule has 1 heterocycles. The number of carbonyl (C=O) groups is 1. The number of hydrogen-bond donors (Lipinski definition) is 0. The highest BCUT2D eigenvalue weighted by Crippen LogP contribution is 2.26. The first kappa shape index (κ1) is 21.3. The maximum atomic E-state index is 13.0. The van der Waals surface area contributed by atoms with E-state index >= 15 is 0 Å². The third-order valence-corrected chi connectivity index (χ3v) is 6.15. The standard InChI is InChI=1S/C25H22ClN3OS/c1-2-29(20-8-4-3-5-9-20)24(30)17-31-25-23(16-18-12-14-19(26)15-13-18)27-21-10-6-7-11-22(21)28-25/h3-15H,2,16-17H2,1H3. The first-order chi connectivity index (χ1) is 15.1. The lowest BCUT2D eigenvalue weighted by molar-refractivity contribution is -0.116. The molecule has 31 heavy (non-hydrogen) atoms. The molecule has 4 nitrogen and oxygen atoms in total. The van der Waals surface area contributed by atoms with Crippen molar-refractivity contribution < 1.29 is 4.79 Å². The van der Waals surface area contributed by atoms with E-state index in [4.69, 9.17) is 21.6 Å². The molecule has 1 amide bonds. The van der Waals surface area contributed by atoms with E-state index in [0.717, 1.165) is 33.0 Å². The van der Waals surface area contributed by atoms with Crippen LogP contribution in [-0.2, 0) is 11.2 Å². The van der Waals surface area contributed by atoms with Crippen LogP contribution < -0.4 is 4.90 Å². The van der Waals surface area contributed by atoms with Gasteiger partial charge in [0.05, 0.1) is 22.5 Å². The number of fused-ring (bicyclic) bond motifs is 1. The summed E-state index contributed by atoms with van der Waals surface area (Å²) in [5, 5.41) is 1.49. The predicted octanol–water partition coefficient (Wildman–Crippen LogP) is 6.02. The van der Waals surface area contributed by atoms with Crippen LogP contribution in [0.3, 0.4) is 0 Å². The summed E-state index contributed by atoms with van der Waals surface area (Å²) >= 11 is 7.47. The van der Waals surface area contributed by atoms with Crippen molar-refractivity contribution >= 4 is 46.0 Å². The summed E-state index contributed by atoms with van der Waals surface area (Å²) < 4.78 is 0. The van der Waals surface area contributed by atoms with Crippen LogP contribution in [0.15, 0.2) is 83.9 Å². The molecule has 4 rings (SSSR count). The number of benzene rings is 3. The van der Waals surface area contributed by atoms with Gasteiger partial charge < -0.3 is 4.90 Å². The minimum Gasteiger partial charge on any atom is -0.312 e. The second-order valence-corrected chi connectivity index (χ2v) is 8.43. The van der Waals surface area contributed by atoms with Crippen LogP contribution in [0.25, 0.3) is 11.0 Å². The zero-order valence-corrected chi connectivity index (χ0v) is 18.7. The van der Waals surface area contributed by atoms with Gasteiger partial charge in [-0.3, -0.25) is 4.79 Å². The molecule has 6 heteroatoms. The molecule has 0 bridgehead atoms. The van der Waals surface area contributed by atoms with Gasteiger partial charge in [-0.2, -0.15) is 0 Å². The SMILES string of the molecule is CCN(C(=O)CSc1nc2ccccc2nc1Cc1ccc(Cl)cc1)c1ccccc1. The summed E-state index contributed by atoms with van der Waals surface area (Å²) in [6, 6.07) is 25.3. The van der Waals surface area contributed by atoms with Crippen LogP contribution in [0.4, 0.5) is 5.69 Å². The third-order valence-electron chi connectivity index (χ3n) is 4.91. The van der Waals surface area contributed by atoms with Crippen molar-refractivity contribution in [3.8, 4) is 0 Å². The highest BCUT2D eigenvalue weighted by atomic mass is 35.5. The van der Waals surface area contributed by atoms with Crippen molar-refractivity contribution in [3.05, 3.63) is 95.1 Å². The number of rotatable bonds is 7. The van der Waals surface area contributed by atoms with Gasteiger partial charge in [0.15, 0.2) is 0 Å². The maximum absolute atomic E-state index is 13.0. The molecule has 156 valence electrons. The number of para-hydroxylation sites is 3. The van der Waals surface area contributed by atoms with Crippen LogP contribution in [-0.4, -0.2) is 28.2 Å². The molecule has 0 spiro atoms. The fourth-order valence-electron chi connectivity index (χ4n) is 3.37. The number of nitrogens with zero attached hydrogens (tertiary/aromatic N) is 3. The number of thioether (sulfide) groups is 1. The van der Waals surface area contributed by atoms with Gasteiger partial charge in [0.1, 0.15) is 5.03 Å². The van der Waals surface area contributed by atoms with Gasteiger partial charge in [0, 0.05) is 23.7 Å². The number of hydrogen-bond acceptors (Lipinski definition) is 4. The van der Waals surface area contributed by atoms with Gasteiger partial charge in [-0.15, -0.1) is 0 Å². The van der Waals surface area contributed by atoms with Crippen LogP contribution in [0.2, 0.25) is 5.02 Å². The molecule has 0 N–H and O–H groups in total. The highest BCUT2D eigenvalue weighted by Gasteiger charge is 2.17. The first-order valence-corrected chi connectivity index (χ1v) is 11.5. The zero-order valence-electron chi connectivity index (χ0n) is 17.2. The Hall–Kier alpha value is -2.89. The van der Waals surface area contributed by atoms with Crippen LogP contribution >= 0.6 is 23.4 Å². The van der Waals surface area contributed by atoms with E-state index in [1.54, 1.807) is 4.90 Å². The number of carbonyl (C=O) groups excluding carboxylic acids is 1. The summed E-state index contributed by atoms with van der Waals surface area (Å²) in [7, 11) is 0. The Bertz CT molecular complexity index is 1180. The van der Waals surface area contributed by atoms with E-state index in [-0.39, 0.29) is 5.91 Å². The van der Waals surface area contributed by atoms with E-state index in [1.165, 1.54) is 11.8 Å². The fourth-order valence-corrected chi connectivity index (χ4v) is 4.35. The highest BCUT2D eigenvalue weighted by molar-refractivity contribution is 8.00. The molecule has 0 unspecified atom stereocenters. The molecule has 0 aliphatic carbocycles. The molecule has 0 radical (unpaired) electrons. The summed E-state index contributed by atoms with van der Waals surface area (Å²) in [4.78, 5) is 24.4. The first-order valence-electron chi connectivity index (χ1n) is 10.1. The molecule has 3 aromatic carbocycles. The lowest BCUT2D eigenvalue weighted by atomic mass is 10.1. The topological polar surface area (TPSA) is 46.1 Å². The van der Waals surface area contributed by atoms with Crippen LogP contribution in [0.5, 0.6) is 0 Å². The third kappa shape index (κ3) is 5.24. The van der Waals surface area contributed by atoms with Gasteiger partial charge in [-0.25, -0.2) is 9.97 Å². The Labute approximate surface area is 191 Å². The molecule has 0 aliphatic rings. The van der Waals surface area contributed by atoms with E-state index in [9.17, 15) is 4.79 Å². The Morgan fingerprint density at radius 3 is 2.23 bits per heavy atom. The van der Waals surface area contributed by atoms with Crippen molar-refractivity contribution in [3.63, 3.8) is 0 Å². The normalized spacial score (nSPS) is 10.9. The quantitative estimate of drug-likeness (QED) is 0.325. The number of halogens is 1. The summed E-state index contributed by atoms with van der Waals surface area (Å²) in [5.41, 5.74) is 4.54. The number of anilines is 1. The molecular formula is C25H22ClN3OS. The van der Waals surface area contributed by atoms with Crippen molar-refractivity contribution in [2.24, 2.45) is 0 Å². The number of aromatic nitrogens is 2. The predicted molar refractivity (Wildman–Crippen MR) is 129 cm³/mol. The average Bonchev–Trinajstić information content (AvgIpc) is 2.80. The molecular weight excluding hydrogens is 426 g/mol. The van der Waals surface area contributed by atoms with Gasteiger partial charge in [-0.1, -0.05) is 65.8 Å². The molecule has 4 aromatic rings. The van der Waals surface area contributed by atoms with Crippen molar-refractivity contribution in [2.45, 2.75) is 18.4 Å². The lowest BCUT2D eigenvalue weighted by Crippen LogP contribution is -2.32. The fraction of sp³-hybridized carbons (Fsp3) is 0.160. The Kier molecular flexibility index (Phi) is 6.85. The molecule has 1 aromatic heterocycles. The van der Waals surface area contributed by atoms with E-state index in [0.29, 0.717) is 23.7 Å². The lowest BCUT2D eigenvalue weighted by Gasteiger charge is -2.21. The van der Waals surface area contributed by atoms with E-state index in [1.807, 2.05) is 85.8 Å². The Morgan fingerprint density at radius 2 is 1.55 bits per heavy atom. The molecule has 0 fully saturated rings. The average molecular weight is 448 g/mol. The molecule has 0 aliphatic heterocycles. The van der Waals surface area contributed by atoms with Crippen molar-refractivity contribution in [2.75, 3.05) is 17.2 Å². The smallest absolute Gasteiger partial charge is 0.237 e. The van der Waals surface area contributed by atoms with E-state index < -0.39 is 0 Å². The summed E-state index contributed by atoms with van der Waals surface area (Å²) in [5.74, 6) is 0.342. The Morgan fingerprint density at radius 1 is 0.903 bits per heavy atom. The molecule has 0 saturated heterocycles. The zero-order chi connectivity index (χ0) is 21.6. The second kappa shape index (κ2) is 9.94. The largest absolute Gasteiger partial charge is 0.312 e. The van der Waals surface area contributed by atoms with Crippen LogP contribution in [0, 0.1) is 0 Å².